The van der Waals surface area contributed by atoms with Gasteiger partial charge in [0.2, 0.25) is 11.8 Å². The van der Waals surface area contributed by atoms with Crippen LogP contribution in [0.15, 0.2) is 76.1 Å². The van der Waals surface area contributed by atoms with Crippen molar-refractivity contribution in [3.63, 3.8) is 0 Å². The Labute approximate surface area is 262 Å². The van der Waals surface area contributed by atoms with Crippen molar-refractivity contribution in [3.8, 4) is 11.5 Å². The van der Waals surface area contributed by atoms with E-state index in [4.69, 9.17) is 9.47 Å². The maximum absolute atomic E-state index is 14.2. The number of aryl methyl sites for hydroxylation is 1. The third-order valence-corrected chi connectivity index (χ3v) is 10.1. The fourth-order valence-electron chi connectivity index (χ4n) is 5.12. The Balaban J connectivity index is 1.71. The van der Waals surface area contributed by atoms with Gasteiger partial charge in [-0.3, -0.25) is 13.9 Å². The highest BCUT2D eigenvalue weighted by Crippen LogP contribution is 2.31. The summed E-state index contributed by atoms with van der Waals surface area (Å²) in [6, 6.07) is 17.8. The van der Waals surface area contributed by atoms with Gasteiger partial charge in [-0.15, -0.1) is 0 Å². The average Bonchev–Trinajstić information content (AvgIpc) is 3.51. The molecule has 1 N–H and O–H groups in total. The number of halogens is 1. The summed E-state index contributed by atoms with van der Waals surface area (Å²) in [6.07, 6.45) is 3.91. The van der Waals surface area contributed by atoms with Crippen molar-refractivity contribution >= 4 is 43.5 Å². The summed E-state index contributed by atoms with van der Waals surface area (Å²) in [6.45, 7) is 3.15. The molecule has 43 heavy (non-hydrogen) atoms. The number of sulfonamides is 1. The van der Waals surface area contributed by atoms with E-state index >= 15 is 0 Å². The van der Waals surface area contributed by atoms with Crippen molar-refractivity contribution < 1.29 is 27.5 Å². The summed E-state index contributed by atoms with van der Waals surface area (Å²) in [4.78, 5) is 29.0. The van der Waals surface area contributed by atoms with Crippen LogP contribution in [-0.4, -0.2) is 58.0 Å². The first-order valence-electron chi connectivity index (χ1n) is 14.2. The Bertz CT molecular complexity index is 1540. The molecule has 1 saturated carbocycles. The molecule has 0 spiro atoms. The van der Waals surface area contributed by atoms with Crippen molar-refractivity contribution in [3.05, 3.63) is 82.3 Å². The zero-order valence-electron chi connectivity index (χ0n) is 24.9. The van der Waals surface area contributed by atoms with E-state index < -0.39 is 28.5 Å². The van der Waals surface area contributed by atoms with Crippen LogP contribution in [-0.2, 0) is 26.2 Å². The Morgan fingerprint density at radius 1 is 1.00 bits per heavy atom. The van der Waals surface area contributed by atoms with Gasteiger partial charge in [-0.05, 0) is 90.6 Å². The van der Waals surface area contributed by atoms with Crippen LogP contribution in [0.25, 0.3) is 0 Å². The maximum Gasteiger partial charge on any atom is 0.264 e. The highest BCUT2D eigenvalue weighted by Gasteiger charge is 2.33. The second-order valence-electron chi connectivity index (χ2n) is 10.7. The van der Waals surface area contributed by atoms with E-state index in [2.05, 4.69) is 21.2 Å². The first-order chi connectivity index (χ1) is 20.5. The van der Waals surface area contributed by atoms with Crippen LogP contribution in [0.4, 0.5) is 5.69 Å². The number of methoxy groups -OCH3 is 2. The molecule has 0 unspecified atom stereocenters. The number of anilines is 1. The van der Waals surface area contributed by atoms with Crippen molar-refractivity contribution in [2.75, 3.05) is 25.1 Å². The molecule has 1 atom stereocenters. The summed E-state index contributed by atoms with van der Waals surface area (Å²) < 4.78 is 40.4. The van der Waals surface area contributed by atoms with Crippen LogP contribution in [0.1, 0.15) is 43.7 Å². The summed E-state index contributed by atoms with van der Waals surface area (Å²) in [5.41, 5.74) is 2.02. The summed E-state index contributed by atoms with van der Waals surface area (Å²) >= 11 is 3.37. The van der Waals surface area contributed by atoms with Crippen LogP contribution >= 0.6 is 15.9 Å². The topological polar surface area (TPSA) is 105 Å². The largest absolute Gasteiger partial charge is 0.497 e. The summed E-state index contributed by atoms with van der Waals surface area (Å²) in [5, 5.41) is 3.08. The number of rotatable bonds is 12. The number of nitrogens with one attached hydrogen (secondary N) is 1. The van der Waals surface area contributed by atoms with Crippen LogP contribution in [0.5, 0.6) is 11.5 Å². The van der Waals surface area contributed by atoms with Crippen LogP contribution in [0.2, 0.25) is 0 Å². The first kappa shape index (κ1) is 32.3. The fraction of sp³-hybridized carbons (Fsp3) is 0.375. The van der Waals surface area contributed by atoms with Gasteiger partial charge >= 0.3 is 0 Å². The third-order valence-electron chi connectivity index (χ3n) is 7.67. The molecule has 3 aromatic carbocycles. The van der Waals surface area contributed by atoms with E-state index in [1.165, 1.54) is 24.1 Å². The van der Waals surface area contributed by atoms with Crippen LogP contribution < -0.4 is 19.1 Å². The molecule has 1 aliphatic carbocycles. The lowest BCUT2D eigenvalue weighted by molar-refractivity contribution is -0.139. The maximum atomic E-state index is 14.2. The number of carbonyl (C=O) groups excluding carboxylic acids is 2. The predicted molar refractivity (Wildman–Crippen MR) is 170 cm³/mol. The number of amides is 2. The van der Waals surface area contributed by atoms with Gasteiger partial charge < -0.3 is 19.7 Å². The van der Waals surface area contributed by atoms with Crippen molar-refractivity contribution in [2.24, 2.45) is 0 Å². The molecule has 0 heterocycles. The molecule has 4 rings (SSSR count). The zero-order valence-corrected chi connectivity index (χ0v) is 27.3. The molecule has 11 heteroatoms. The second-order valence-corrected chi connectivity index (χ2v) is 13.4. The lowest BCUT2D eigenvalue weighted by Gasteiger charge is -2.32. The first-order valence-corrected chi connectivity index (χ1v) is 16.4. The number of hydrogen-bond donors (Lipinski definition) is 1. The van der Waals surface area contributed by atoms with Gasteiger partial charge in [0.1, 0.15) is 24.1 Å². The number of carbonyl (C=O) groups is 2. The van der Waals surface area contributed by atoms with Gasteiger partial charge in [-0.1, -0.05) is 42.7 Å². The van der Waals surface area contributed by atoms with Gasteiger partial charge in [0.05, 0.1) is 29.3 Å². The minimum absolute atomic E-state index is 0.0140. The molecule has 0 aliphatic heterocycles. The Morgan fingerprint density at radius 2 is 1.70 bits per heavy atom. The van der Waals surface area contributed by atoms with Gasteiger partial charge in [0, 0.05) is 12.6 Å². The summed E-state index contributed by atoms with van der Waals surface area (Å²) in [5.74, 6) is 0.297. The van der Waals surface area contributed by atoms with E-state index in [9.17, 15) is 18.0 Å². The molecule has 0 radical (unpaired) electrons. The Morgan fingerprint density at radius 3 is 2.33 bits per heavy atom. The normalized spacial score (nSPS) is 14.2. The Kier molecular flexibility index (Phi) is 10.7. The van der Waals surface area contributed by atoms with Crippen LogP contribution in [0, 0.1) is 6.92 Å². The zero-order chi connectivity index (χ0) is 31.1. The molecular weight excluding hydrogens is 634 g/mol. The summed E-state index contributed by atoms with van der Waals surface area (Å²) in [7, 11) is -1.16. The second kappa shape index (κ2) is 14.3. The quantitative estimate of drug-likeness (QED) is 0.275. The average molecular weight is 673 g/mol. The lowest BCUT2D eigenvalue weighted by Crippen LogP contribution is -2.52. The molecule has 1 aliphatic rings. The molecule has 3 aromatic rings. The van der Waals surface area contributed by atoms with Crippen molar-refractivity contribution in [2.45, 2.75) is 63.1 Å². The number of nitrogens with zero attached hydrogens (tertiary/aromatic N) is 2. The number of hydrogen-bond acceptors (Lipinski definition) is 6. The van der Waals surface area contributed by atoms with Gasteiger partial charge in [-0.2, -0.15) is 0 Å². The van der Waals surface area contributed by atoms with Crippen LogP contribution in [0.3, 0.4) is 0 Å². The smallest absolute Gasteiger partial charge is 0.264 e. The van der Waals surface area contributed by atoms with E-state index in [-0.39, 0.29) is 23.4 Å². The predicted octanol–water partition coefficient (Wildman–Crippen LogP) is 5.45. The molecule has 2 amide bonds. The molecule has 1 fully saturated rings. The van der Waals surface area contributed by atoms with Crippen molar-refractivity contribution in [1.29, 1.82) is 0 Å². The fourth-order valence-corrected chi connectivity index (χ4v) is 7.25. The monoisotopic (exact) mass is 671 g/mol. The molecule has 9 nitrogen and oxygen atoms in total. The Hall–Kier alpha value is -3.57. The molecule has 0 saturated heterocycles. The standard InChI is InChI=1S/C32H38BrN3O6S/c1-22-12-14-26(15-13-22)36(43(39,40)28-16-17-30(42-4)29(33)19-28)21-31(37)35(20-24-8-7-11-27(18-24)41-3)23(2)32(38)34-25-9-5-6-10-25/h7-8,11-19,23,25H,5-6,9-10,20-21H2,1-4H3,(H,34,38)/t23-/m0/s1. The van der Waals surface area contributed by atoms with Gasteiger partial charge in [0.15, 0.2) is 0 Å². The van der Waals surface area contributed by atoms with E-state index in [1.54, 1.807) is 56.5 Å². The number of benzene rings is 3. The van der Waals surface area contributed by atoms with Gasteiger partial charge in [0.25, 0.3) is 10.0 Å². The lowest BCUT2D eigenvalue weighted by atomic mass is 10.1. The van der Waals surface area contributed by atoms with Crippen molar-refractivity contribution in [1.82, 2.24) is 10.2 Å². The highest BCUT2D eigenvalue weighted by molar-refractivity contribution is 9.10. The molecular formula is C32H38BrN3O6S. The third kappa shape index (κ3) is 7.88. The SMILES string of the molecule is COc1cccc(CN(C(=O)CN(c2ccc(C)cc2)S(=O)(=O)c2ccc(OC)c(Br)c2)[C@@H](C)C(=O)NC2CCCC2)c1. The minimum atomic E-state index is -4.21. The minimum Gasteiger partial charge on any atom is -0.497 e. The van der Waals surface area contributed by atoms with E-state index in [1.807, 2.05) is 19.1 Å². The van der Waals surface area contributed by atoms with E-state index in [0.717, 1.165) is 41.1 Å². The molecule has 230 valence electrons. The molecule has 0 aromatic heterocycles. The van der Waals surface area contributed by atoms with E-state index in [0.29, 0.717) is 21.7 Å². The highest BCUT2D eigenvalue weighted by atomic mass is 79.9. The number of ether oxygens (including phenoxy) is 2. The molecule has 0 bridgehead atoms. The van der Waals surface area contributed by atoms with Gasteiger partial charge in [-0.25, -0.2) is 8.42 Å².